The minimum Gasteiger partial charge on any atom is -0.369 e. The molecule has 4 nitrogen and oxygen atoms in total. The second kappa shape index (κ2) is 8.17. The van der Waals surface area contributed by atoms with Crippen LogP contribution in [0.2, 0.25) is 0 Å². The van der Waals surface area contributed by atoms with Crippen molar-refractivity contribution in [3.05, 3.63) is 64.7 Å². The van der Waals surface area contributed by atoms with Crippen LogP contribution in [-0.2, 0) is 11.2 Å². The van der Waals surface area contributed by atoms with E-state index in [2.05, 4.69) is 62.3 Å². The van der Waals surface area contributed by atoms with Crippen molar-refractivity contribution in [2.75, 3.05) is 11.9 Å². The molecule has 0 aliphatic carbocycles. The zero-order valence-electron chi connectivity index (χ0n) is 17.6. The molecule has 1 heterocycles. The number of fused-ring (bicyclic) bond motifs is 1. The second-order valence-electron chi connectivity index (χ2n) is 8.52. The highest BCUT2D eigenvalue weighted by Gasteiger charge is 2.34. The number of anilines is 1. The summed E-state index contributed by atoms with van der Waals surface area (Å²) in [5.41, 5.74) is 8.85. The van der Waals surface area contributed by atoms with E-state index >= 15 is 0 Å². The van der Waals surface area contributed by atoms with Crippen LogP contribution in [0.3, 0.4) is 0 Å². The number of carbonyl (C=O) groups excluding carboxylic acids is 1. The number of hydrazone groups is 1. The summed E-state index contributed by atoms with van der Waals surface area (Å²) in [6, 6.07) is 14.5. The number of nitrogens with one attached hydrogen (secondary N) is 1. The largest absolute Gasteiger partial charge is 0.369 e. The first-order valence-electron chi connectivity index (χ1n) is 10.0. The average Bonchev–Trinajstić information content (AvgIpc) is 2.66. The van der Waals surface area contributed by atoms with Crippen LogP contribution in [-0.4, -0.2) is 24.7 Å². The van der Waals surface area contributed by atoms with Crippen LogP contribution in [0.5, 0.6) is 0 Å². The smallest absolute Gasteiger partial charge is 0.240 e. The van der Waals surface area contributed by atoms with E-state index < -0.39 is 0 Å². The van der Waals surface area contributed by atoms with Gasteiger partial charge in [0.15, 0.2) is 0 Å². The first kappa shape index (κ1) is 20.1. The first-order chi connectivity index (χ1) is 13.3. The lowest BCUT2D eigenvalue weighted by Gasteiger charge is -2.45. The Morgan fingerprint density at radius 3 is 2.71 bits per heavy atom. The lowest BCUT2D eigenvalue weighted by Crippen LogP contribution is -2.45. The van der Waals surface area contributed by atoms with Crippen LogP contribution in [0, 0.1) is 6.92 Å². The third-order valence-corrected chi connectivity index (χ3v) is 5.90. The van der Waals surface area contributed by atoms with E-state index in [4.69, 9.17) is 0 Å². The molecule has 148 valence electrons. The van der Waals surface area contributed by atoms with Gasteiger partial charge in [-0.1, -0.05) is 37.3 Å². The summed E-state index contributed by atoms with van der Waals surface area (Å²) in [5, 5.41) is 4.20. The Morgan fingerprint density at radius 1 is 1.29 bits per heavy atom. The van der Waals surface area contributed by atoms with E-state index in [1.165, 1.54) is 11.3 Å². The fourth-order valence-electron chi connectivity index (χ4n) is 4.01. The summed E-state index contributed by atoms with van der Waals surface area (Å²) >= 11 is 0. The molecule has 1 aliphatic rings. The van der Waals surface area contributed by atoms with Crippen LogP contribution < -0.4 is 10.3 Å². The minimum atomic E-state index is -0.0643. The molecule has 0 saturated carbocycles. The Balaban J connectivity index is 1.66. The van der Waals surface area contributed by atoms with Gasteiger partial charge in [0.25, 0.3) is 0 Å². The summed E-state index contributed by atoms with van der Waals surface area (Å²) in [7, 11) is 2.17. The molecule has 1 unspecified atom stereocenters. The predicted molar refractivity (Wildman–Crippen MR) is 117 cm³/mol. The molecule has 1 aliphatic heterocycles. The number of nitrogens with zero attached hydrogens (tertiary/aromatic N) is 2. The van der Waals surface area contributed by atoms with Gasteiger partial charge < -0.3 is 4.90 Å². The van der Waals surface area contributed by atoms with Crippen LogP contribution in [0.25, 0.3) is 0 Å². The van der Waals surface area contributed by atoms with Gasteiger partial charge in [0, 0.05) is 24.7 Å². The fraction of sp³-hybridized carbons (Fsp3) is 0.417. The molecule has 0 spiro atoms. The van der Waals surface area contributed by atoms with E-state index in [0.29, 0.717) is 12.3 Å². The SMILES string of the molecule is Cc1cc2c(cc1/C=N\NC(=O)CCc1ccccc1)C(C)CC(C)(C)N2C. The van der Waals surface area contributed by atoms with E-state index in [-0.39, 0.29) is 11.4 Å². The van der Waals surface area contributed by atoms with Crippen molar-refractivity contribution in [3.8, 4) is 0 Å². The van der Waals surface area contributed by atoms with Crippen LogP contribution in [0.4, 0.5) is 5.69 Å². The standard InChI is InChI=1S/C24H31N3O/c1-17-13-22-21(18(2)15-24(3,4)27(22)5)14-20(17)16-25-26-23(28)12-11-19-9-7-6-8-10-19/h6-10,13-14,16,18H,11-12,15H2,1-5H3,(H,26,28)/b25-16-. The summed E-state index contributed by atoms with van der Waals surface area (Å²) in [5.74, 6) is 0.431. The Labute approximate surface area is 168 Å². The number of hydrogen-bond acceptors (Lipinski definition) is 3. The van der Waals surface area contributed by atoms with Gasteiger partial charge in [0.1, 0.15) is 0 Å². The monoisotopic (exact) mass is 377 g/mol. The van der Waals surface area contributed by atoms with Crippen molar-refractivity contribution in [2.24, 2.45) is 5.10 Å². The van der Waals surface area contributed by atoms with Crippen molar-refractivity contribution in [2.45, 2.75) is 58.4 Å². The number of benzene rings is 2. The number of amides is 1. The Bertz CT molecular complexity index is 871. The average molecular weight is 378 g/mol. The maximum atomic E-state index is 12.1. The highest BCUT2D eigenvalue weighted by molar-refractivity contribution is 5.85. The Morgan fingerprint density at radius 2 is 2.00 bits per heavy atom. The highest BCUT2D eigenvalue weighted by Crippen LogP contribution is 2.43. The molecule has 0 radical (unpaired) electrons. The first-order valence-corrected chi connectivity index (χ1v) is 10.0. The van der Waals surface area contributed by atoms with Gasteiger partial charge in [-0.2, -0.15) is 5.10 Å². The van der Waals surface area contributed by atoms with Crippen molar-refractivity contribution < 1.29 is 4.79 Å². The second-order valence-corrected chi connectivity index (χ2v) is 8.52. The van der Waals surface area contributed by atoms with Gasteiger partial charge in [0.05, 0.1) is 6.21 Å². The molecule has 4 heteroatoms. The molecule has 0 saturated heterocycles. The Hall–Kier alpha value is -2.62. The van der Waals surface area contributed by atoms with Gasteiger partial charge in [0.2, 0.25) is 5.91 Å². The zero-order valence-corrected chi connectivity index (χ0v) is 17.6. The number of aryl methyl sites for hydroxylation is 2. The highest BCUT2D eigenvalue weighted by atomic mass is 16.2. The summed E-state index contributed by atoms with van der Waals surface area (Å²) in [6.45, 7) is 8.97. The van der Waals surface area contributed by atoms with E-state index in [9.17, 15) is 4.79 Å². The van der Waals surface area contributed by atoms with Gasteiger partial charge in [-0.15, -0.1) is 0 Å². The fourth-order valence-corrected chi connectivity index (χ4v) is 4.01. The summed E-state index contributed by atoms with van der Waals surface area (Å²) in [6.07, 6.45) is 4.04. The molecule has 2 aromatic carbocycles. The van der Waals surface area contributed by atoms with Crippen LogP contribution in [0.1, 0.15) is 61.8 Å². The zero-order chi connectivity index (χ0) is 20.3. The lowest BCUT2D eigenvalue weighted by atomic mass is 9.79. The summed E-state index contributed by atoms with van der Waals surface area (Å²) < 4.78 is 0. The summed E-state index contributed by atoms with van der Waals surface area (Å²) in [4.78, 5) is 14.4. The molecule has 1 atom stereocenters. The molecular formula is C24H31N3O. The molecule has 0 bridgehead atoms. The molecule has 28 heavy (non-hydrogen) atoms. The Kier molecular flexibility index (Phi) is 5.87. The van der Waals surface area contributed by atoms with E-state index in [1.807, 2.05) is 30.3 Å². The molecule has 1 amide bonds. The van der Waals surface area contributed by atoms with E-state index in [1.54, 1.807) is 6.21 Å². The quantitative estimate of drug-likeness (QED) is 0.601. The lowest BCUT2D eigenvalue weighted by molar-refractivity contribution is -0.121. The molecule has 2 aromatic rings. The van der Waals surface area contributed by atoms with Crippen LogP contribution >= 0.6 is 0 Å². The van der Waals surface area contributed by atoms with Gasteiger partial charge in [-0.05, 0) is 73.9 Å². The third kappa shape index (κ3) is 4.44. The van der Waals surface area contributed by atoms with Gasteiger partial charge >= 0.3 is 0 Å². The molecular weight excluding hydrogens is 346 g/mol. The van der Waals surface area contributed by atoms with E-state index in [0.717, 1.165) is 29.5 Å². The molecule has 1 N–H and O–H groups in total. The maximum Gasteiger partial charge on any atom is 0.240 e. The van der Waals surface area contributed by atoms with Crippen molar-refractivity contribution in [1.29, 1.82) is 0 Å². The normalized spacial score (nSPS) is 18.2. The number of hydrogen-bond donors (Lipinski definition) is 1. The third-order valence-electron chi connectivity index (χ3n) is 5.90. The number of carbonyl (C=O) groups is 1. The van der Waals surface area contributed by atoms with Crippen LogP contribution in [0.15, 0.2) is 47.6 Å². The minimum absolute atomic E-state index is 0.0643. The maximum absolute atomic E-state index is 12.1. The van der Waals surface area contributed by atoms with Crippen molar-refractivity contribution in [3.63, 3.8) is 0 Å². The topological polar surface area (TPSA) is 44.7 Å². The van der Waals surface area contributed by atoms with Gasteiger partial charge in [-0.3, -0.25) is 4.79 Å². The van der Waals surface area contributed by atoms with Crippen molar-refractivity contribution >= 4 is 17.8 Å². The van der Waals surface area contributed by atoms with Gasteiger partial charge in [-0.25, -0.2) is 5.43 Å². The molecule has 3 rings (SSSR count). The predicted octanol–water partition coefficient (Wildman–Crippen LogP) is 4.80. The molecule has 0 fully saturated rings. The number of rotatable bonds is 5. The molecule has 0 aromatic heterocycles. The van der Waals surface area contributed by atoms with Crippen molar-refractivity contribution in [1.82, 2.24) is 5.43 Å².